The van der Waals surface area contributed by atoms with Crippen molar-refractivity contribution >= 4 is 5.97 Å². The van der Waals surface area contributed by atoms with Gasteiger partial charge in [0.2, 0.25) is 0 Å². The maximum absolute atomic E-state index is 12.0. The summed E-state index contributed by atoms with van der Waals surface area (Å²) in [7, 11) is 3.03. The highest BCUT2D eigenvalue weighted by Crippen LogP contribution is 2.24. The van der Waals surface area contributed by atoms with Crippen LogP contribution in [0.4, 0.5) is 0 Å². The molecule has 24 heavy (non-hydrogen) atoms. The van der Waals surface area contributed by atoms with Crippen LogP contribution in [0.2, 0.25) is 0 Å². The summed E-state index contributed by atoms with van der Waals surface area (Å²) in [5.41, 5.74) is 0.280. The maximum atomic E-state index is 12.0. The third kappa shape index (κ3) is 7.68. The van der Waals surface area contributed by atoms with Gasteiger partial charge in [0, 0.05) is 0 Å². The molecule has 0 saturated heterocycles. The van der Waals surface area contributed by atoms with Gasteiger partial charge in [-0.25, -0.2) is 4.79 Å². The van der Waals surface area contributed by atoms with Gasteiger partial charge in [-0.3, -0.25) is 4.89 Å². The number of benzene rings is 1. The average molecular weight is 337 g/mol. The molecule has 1 aromatic carbocycles. The lowest BCUT2D eigenvalue weighted by molar-refractivity contribution is -0.241. The molecule has 0 aromatic heterocycles. The van der Waals surface area contributed by atoms with Crippen LogP contribution < -0.4 is 9.47 Å². The van der Waals surface area contributed by atoms with Crippen LogP contribution >= 0.6 is 0 Å². The molecular weight excluding hydrogens is 308 g/mol. The van der Waals surface area contributed by atoms with Gasteiger partial charge in [-0.15, -0.1) is 0 Å². The lowest BCUT2D eigenvalue weighted by atomic mass is 10.1. The second-order valence-electron chi connectivity index (χ2n) is 5.59. The first-order valence-electron chi connectivity index (χ1n) is 8.58. The van der Waals surface area contributed by atoms with E-state index in [4.69, 9.17) is 19.2 Å². The molecule has 0 aliphatic heterocycles. The van der Waals surface area contributed by atoms with Gasteiger partial charge in [-0.1, -0.05) is 51.9 Å². The Morgan fingerprint density at radius 3 is 2.25 bits per heavy atom. The minimum absolute atomic E-state index is 0.280. The molecule has 0 aliphatic carbocycles. The summed E-state index contributed by atoms with van der Waals surface area (Å²) in [6.07, 6.45) is 9.13. The topological polar surface area (TPSA) is 54.0 Å². The number of carbonyl (C=O) groups is 1. The first-order chi connectivity index (χ1) is 11.7. The van der Waals surface area contributed by atoms with Crippen LogP contribution in [-0.4, -0.2) is 26.8 Å². The number of ether oxygens (including phenoxy) is 2. The van der Waals surface area contributed by atoms with Crippen LogP contribution in [0, 0.1) is 6.92 Å². The number of unbranched alkanes of at least 4 members (excludes halogenated alkanes) is 7. The molecule has 0 fully saturated rings. The third-order valence-electron chi connectivity index (χ3n) is 3.74. The minimum Gasteiger partial charge on any atom is -0.497 e. The quantitative estimate of drug-likeness (QED) is 0.295. The summed E-state index contributed by atoms with van der Waals surface area (Å²) in [4.78, 5) is 21.9. The zero-order chi connectivity index (χ0) is 17.6. The molecule has 0 unspecified atom stereocenters. The van der Waals surface area contributed by atoms with Crippen molar-refractivity contribution in [3.63, 3.8) is 0 Å². The van der Waals surface area contributed by atoms with Crippen molar-refractivity contribution in [1.82, 2.24) is 0 Å². The van der Waals surface area contributed by atoms with Crippen LogP contribution in [0.3, 0.4) is 0 Å². The summed E-state index contributed by atoms with van der Waals surface area (Å²) in [6.45, 7) is 4.24. The Morgan fingerprint density at radius 2 is 1.62 bits per heavy atom. The number of methoxy groups -OCH3 is 2. The average Bonchev–Trinajstić information content (AvgIpc) is 2.62. The largest absolute Gasteiger partial charge is 0.497 e. The van der Waals surface area contributed by atoms with Crippen molar-refractivity contribution in [2.75, 3.05) is 20.8 Å². The second-order valence-corrected chi connectivity index (χ2v) is 5.59. The Labute approximate surface area is 145 Å². The van der Waals surface area contributed by atoms with E-state index in [0.717, 1.165) is 19.3 Å². The van der Waals surface area contributed by atoms with Gasteiger partial charge in [0.05, 0.1) is 20.8 Å². The van der Waals surface area contributed by atoms with Gasteiger partial charge in [0.15, 0.2) is 0 Å². The van der Waals surface area contributed by atoms with Crippen molar-refractivity contribution in [2.24, 2.45) is 0 Å². The van der Waals surface area contributed by atoms with Crippen molar-refractivity contribution in [3.05, 3.63) is 30.7 Å². The van der Waals surface area contributed by atoms with Gasteiger partial charge in [-0.2, -0.15) is 4.89 Å². The molecule has 1 radical (unpaired) electrons. The molecule has 0 aliphatic rings. The van der Waals surface area contributed by atoms with Crippen LogP contribution in [0.25, 0.3) is 0 Å². The smallest absolute Gasteiger partial charge is 0.376 e. The molecule has 5 heteroatoms. The summed E-state index contributed by atoms with van der Waals surface area (Å²) >= 11 is 0. The molecule has 0 amide bonds. The van der Waals surface area contributed by atoms with E-state index in [2.05, 4.69) is 6.92 Å². The van der Waals surface area contributed by atoms with Gasteiger partial charge < -0.3 is 9.47 Å². The van der Waals surface area contributed by atoms with E-state index in [0.29, 0.717) is 18.1 Å². The van der Waals surface area contributed by atoms with Crippen LogP contribution in [-0.2, 0) is 9.78 Å². The molecule has 0 spiro atoms. The summed E-state index contributed by atoms with van der Waals surface area (Å²) in [5, 5.41) is 0. The highest BCUT2D eigenvalue weighted by molar-refractivity contribution is 5.92. The fourth-order valence-corrected chi connectivity index (χ4v) is 2.34. The predicted molar refractivity (Wildman–Crippen MR) is 93.2 cm³/mol. The second kappa shape index (κ2) is 12.6. The molecule has 1 aromatic rings. The Morgan fingerprint density at radius 1 is 0.958 bits per heavy atom. The van der Waals surface area contributed by atoms with Crippen LogP contribution in [0.1, 0.15) is 61.7 Å². The highest BCUT2D eigenvalue weighted by atomic mass is 17.2. The van der Waals surface area contributed by atoms with E-state index in [1.54, 1.807) is 18.2 Å². The first-order valence-corrected chi connectivity index (χ1v) is 8.58. The summed E-state index contributed by atoms with van der Waals surface area (Å²) < 4.78 is 10.3. The highest BCUT2D eigenvalue weighted by Gasteiger charge is 2.16. The Hall–Kier alpha value is -1.75. The summed E-state index contributed by atoms with van der Waals surface area (Å²) in [5.74, 6) is 0.396. The Kier molecular flexibility index (Phi) is 10.7. The first kappa shape index (κ1) is 20.3. The lowest BCUT2D eigenvalue weighted by Crippen LogP contribution is -2.09. The molecule has 0 heterocycles. The molecule has 0 bridgehead atoms. The normalized spacial score (nSPS) is 10.5. The molecule has 0 atom stereocenters. The van der Waals surface area contributed by atoms with E-state index < -0.39 is 5.97 Å². The Balaban J connectivity index is 2.20. The van der Waals surface area contributed by atoms with Crippen molar-refractivity contribution < 1.29 is 24.0 Å². The molecule has 0 saturated carbocycles. The SMILES string of the molecule is [CH2]CCCCCCCCCOOC(=O)c1cc(OC)ccc1OC. The fourth-order valence-electron chi connectivity index (χ4n) is 2.34. The number of hydrogen-bond acceptors (Lipinski definition) is 5. The van der Waals surface area contributed by atoms with Gasteiger partial charge in [0.25, 0.3) is 0 Å². The third-order valence-corrected chi connectivity index (χ3v) is 3.74. The lowest BCUT2D eigenvalue weighted by Gasteiger charge is -2.09. The van der Waals surface area contributed by atoms with E-state index in [9.17, 15) is 4.79 Å². The van der Waals surface area contributed by atoms with Gasteiger partial charge >= 0.3 is 5.97 Å². The molecule has 1 rings (SSSR count). The maximum Gasteiger partial charge on any atom is 0.376 e. The monoisotopic (exact) mass is 337 g/mol. The van der Waals surface area contributed by atoms with Crippen LogP contribution in [0.5, 0.6) is 11.5 Å². The van der Waals surface area contributed by atoms with E-state index in [-0.39, 0.29) is 5.56 Å². The van der Waals surface area contributed by atoms with Crippen molar-refractivity contribution in [3.8, 4) is 11.5 Å². The molecule has 135 valence electrons. The van der Waals surface area contributed by atoms with Gasteiger partial charge in [0.1, 0.15) is 17.1 Å². The Bertz CT molecular complexity index is 473. The predicted octanol–water partition coefficient (Wildman–Crippen LogP) is 4.75. The van der Waals surface area contributed by atoms with E-state index >= 15 is 0 Å². The van der Waals surface area contributed by atoms with E-state index in [1.165, 1.54) is 46.3 Å². The number of carbonyl (C=O) groups excluding carboxylic acids is 1. The van der Waals surface area contributed by atoms with Crippen molar-refractivity contribution in [1.29, 1.82) is 0 Å². The summed E-state index contributed by atoms with van der Waals surface area (Å²) in [6, 6.07) is 4.94. The van der Waals surface area contributed by atoms with Crippen molar-refractivity contribution in [2.45, 2.75) is 51.4 Å². The van der Waals surface area contributed by atoms with Gasteiger partial charge in [-0.05, 0) is 24.6 Å². The fraction of sp³-hybridized carbons (Fsp3) is 0.579. The zero-order valence-electron chi connectivity index (χ0n) is 14.8. The molecule has 0 N–H and O–H groups in total. The van der Waals surface area contributed by atoms with E-state index in [1.807, 2.05) is 0 Å². The minimum atomic E-state index is -0.584. The molecular formula is C19H29O5. The zero-order valence-corrected chi connectivity index (χ0v) is 14.8. The number of rotatable bonds is 13. The standard InChI is InChI=1S/C19H29O5/c1-4-5-6-7-8-9-10-11-14-23-24-19(20)17-15-16(21-2)12-13-18(17)22-3/h12-13,15H,1,4-11,14H2,2-3H3. The van der Waals surface area contributed by atoms with Crippen LogP contribution in [0.15, 0.2) is 18.2 Å². The number of hydrogen-bond donors (Lipinski definition) is 0. The molecule has 5 nitrogen and oxygen atoms in total.